The summed E-state index contributed by atoms with van der Waals surface area (Å²) in [6.45, 7) is 0.391. The number of phenols is 1. The Balaban J connectivity index is 1.86. The first-order valence-electron chi connectivity index (χ1n) is 10.7. The molecule has 180 valence electrons. The molecular formula is C25H18F3NO6. The van der Waals surface area contributed by atoms with Gasteiger partial charge in [-0.2, -0.15) is 13.2 Å². The number of nitrogens with zero attached hydrogens (tertiary/aromatic N) is 1. The average Bonchev–Trinajstić information content (AvgIpc) is 3.25. The largest absolute Gasteiger partial charge is 0.508 e. The maximum absolute atomic E-state index is 13.7. The summed E-state index contributed by atoms with van der Waals surface area (Å²) >= 11 is 0. The van der Waals surface area contributed by atoms with Crippen molar-refractivity contribution in [1.82, 2.24) is 4.57 Å². The fraction of sp³-hybridized carbons (Fsp3) is 0.240. The fourth-order valence-electron chi connectivity index (χ4n) is 4.87. The molecular weight excluding hydrogens is 467 g/mol. The van der Waals surface area contributed by atoms with Gasteiger partial charge in [0.05, 0.1) is 24.6 Å². The Hall–Kier alpha value is -4.08. The van der Waals surface area contributed by atoms with Crippen molar-refractivity contribution in [3.8, 4) is 5.75 Å². The Morgan fingerprint density at radius 2 is 1.97 bits per heavy atom. The highest BCUT2D eigenvalue weighted by Crippen LogP contribution is 2.42. The van der Waals surface area contributed by atoms with E-state index in [1.807, 2.05) is 12.1 Å². The standard InChI is InChI=1S/C25H18F3NO6/c1-34-19(31)10-15(16-9-13-4-2-3-12-7-8-29(22(12)13)24(16)33)21-18(30)6-5-14-17(25(26,27)28)11-20(32)35-23(14)21/h2-6,9,11,15,30H,7-8,10H2,1H3. The van der Waals surface area contributed by atoms with E-state index < -0.39 is 58.0 Å². The summed E-state index contributed by atoms with van der Waals surface area (Å²) in [4.78, 5) is 38.0. The lowest BCUT2D eigenvalue weighted by Crippen LogP contribution is -2.26. The molecule has 0 fully saturated rings. The number of esters is 1. The van der Waals surface area contributed by atoms with Crippen molar-refractivity contribution >= 4 is 27.8 Å². The predicted molar refractivity (Wildman–Crippen MR) is 120 cm³/mol. The highest BCUT2D eigenvalue weighted by atomic mass is 19.4. The second-order valence-corrected chi connectivity index (χ2v) is 8.35. The van der Waals surface area contributed by atoms with Crippen LogP contribution in [0.3, 0.4) is 0 Å². The van der Waals surface area contributed by atoms with E-state index in [1.54, 1.807) is 16.7 Å². The number of fused-ring (bicyclic) bond motifs is 1. The molecule has 0 bridgehead atoms. The van der Waals surface area contributed by atoms with Crippen LogP contribution in [0, 0.1) is 0 Å². The summed E-state index contributed by atoms with van der Waals surface area (Å²) < 4.78 is 52.5. The predicted octanol–water partition coefficient (Wildman–Crippen LogP) is 4.08. The number of phenolic OH excluding ortho intramolecular Hbond substituents is 1. The molecule has 7 nitrogen and oxygen atoms in total. The molecule has 0 saturated heterocycles. The highest BCUT2D eigenvalue weighted by Gasteiger charge is 2.36. The molecule has 0 radical (unpaired) electrons. The van der Waals surface area contributed by atoms with Crippen LogP contribution < -0.4 is 11.2 Å². The minimum Gasteiger partial charge on any atom is -0.508 e. The first-order chi connectivity index (χ1) is 16.6. The normalized spacial score (nSPS) is 13.9. The smallest absolute Gasteiger partial charge is 0.417 e. The van der Waals surface area contributed by atoms with Crippen LogP contribution in [0.15, 0.2) is 56.5 Å². The quantitative estimate of drug-likeness (QED) is 0.346. The second kappa shape index (κ2) is 8.00. The summed E-state index contributed by atoms with van der Waals surface area (Å²) in [5.41, 5.74) is -2.03. The molecule has 0 aliphatic carbocycles. The van der Waals surface area contributed by atoms with Crippen molar-refractivity contribution in [2.75, 3.05) is 7.11 Å². The molecule has 4 aromatic rings. The van der Waals surface area contributed by atoms with Crippen LogP contribution >= 0.6 is 0 Å². The minimum absolute atomic E-state index is 0.0600. The first kappa shape index (κ1) is 22.7. The number of rotatable bonds is 4. The molecule has 3 heterocycles. The third kappa shape index (κ3) is 3.65. The van der Waals surface area contributed by atoms with Gasteiger partial charge in [0.25, 0.3) is 5.56 Å². The molecule has 1 atom stereocenters. The fourth-order valence-corrected chi connectivity index (χ4v) is 4.87. The molecule has 2 aromatic heterocycles. The van der Waals surface area contributed by atoms with Crippen LogP contribution in [0.1, 0.15) is 34.6 Å². The number of ether oxygens (including phenoxy) is 1. The maximum Gasteiger partial charge on any atom is 0.417 e. The minimum atomic E-state index is -4.88. The van der Waals surface area contributed by atoms with Gasteiger partial charge in [0, 0.05) is 35.0 Å². The van der Waals surface area contributed by atoms with Gasteiger partial charge in [0.1, 0.15) is 11.3 Å². The maximum atomic E-state index is 13.7. The van der Waals surface area contributed by atoms with Gasteiger partial charge < -0.3 is 18.8 Å². The summed E-state index contributed by atoms with van der Waals surface area (Å²) in [5, 5.41) is 11.0. The van der Waals surface area contributed by atoms with E-state index in [0.29, 0.717) is 24.4 Å². The van der Waals surface area contributed by atoms with E-state index in [0.717, 1.165) is 30.3 Å². The lowest BCUT2D eigenvalue weighted by Gasteiger charge is -2.21. The van der Waals surface area contributed by atoms with Crippen LogP contribution in [0.4, 0.5) is 13.2 Å². The van der Waals surface area contributed by atoms with Gasteiger partial charge in [0.2, 0.25) is 0 Å². The molecule has 2 aromatic carbocycles. The number of aromatic hydroxyl groups is 1. The van der Waals surface area contributed by atoms with Gasteiger partial charge in [-0.25, -0.2) is 4.79 Å². The topological polar surface area (TPSA) is 98.7 Å². The Morgan fingerprint density at radius 1 is 1.20 bits per heavy atom. The number of halogens is 3. The number of methoxy groups -OCH3 is 1. The van der Waals surface area contributed by atoms with E-state index >= 15 is 0 Å². The third-order valence-electron chi connectivity index (χ3n) is 6.38. The molecule has 10 heteroatoms. The van der Waals surface area contributed by atoms with E-state index in [9.17, 15) is 32.7 Å². The zero-order chi connectivity index (χ0) is 25.1. The van der Waals surface area contributed by atoms with E-state index in [4.69, 9.17) is 9.15 Å². The summed E-state index contributed by atoms with van der Waals surface area (Å²) in [6.07, 6.45) is -4.74. The lowest BCUT2D eigenvalue weighted by molar-refractivity contribution is -0.141. The Kier molecular flexibility index (Phi) is 5.19. The van der Waals surface area contributed by atoms with Gasteiger partial charge in [0.15, 0.2) is 0 Å². The number of pyridine rings is 1. The summed E-state index contributed by atoms with van der Waals surface area (Å²) in [5.74, 6) is -2.54. The van der Waals surface area contributed by atoms with Gasteiger partial charge in [-0.1, -0.05) is 18.2 Å². The molecule has 1 unspecified atom stereocenters. The van der Waals surface area contributed by atoms with Gasteiger partial charge >= 0.3 is 17.8 Å². The molecule has 0 amide bonds. The monoisotopic (exact) mass is 485 g/mol. The van der Waals surface area contributed by atoms with Gasteiger partial charge in [-0.05, 0) is 35.6 Å². The van der Waals surface area contributed by atoms with Crippen molar-refractivity contribution in [3.63, 3.8) is 0 Å². The second-order valence-electron chi connectivity index (χ2n) is 8.35. The summed E-state index contributed by atoms with van der Waals surface area (Å²) in [7, 11) is 1.13. The molecule has 0 spiro atoms. The van der Waals surface area contributed by atoms with Gasteiger partial charge in [-0.15, -0.1) is 0 Å². The van der Waals surface area contributed by atoms with Crippen molar-refractivity contribution < 1.29 is 32.2 Å². The van der Waals surface area contributed by atoms with Crippen LogP contribution in [-0.2, 0) is 28.7 Å². The van der Waals surface area contributed by atoms with Crippen LogP contribution in [0.25, 0.3) is 21.9 Å². The van der Waals surface area contributed by atoms with Crippen LogP contribution in [-0.4, -0.2) is 22.8 Å². The molecule has 1 N–H and O–H groups in total. The SMILES string of the molecule is COC(=O)CC(c1cc2cccc3c2n(c1=O)CC3)c1c(O)ccc2c(C(F)(F)F)cc(=O)oc12. The van der Waals surface area contributed by atoms with Gasteiger partial charge in [-0.3, -0.25) is 9.59 Å². The third-order valence-corrected chi connectivity index (χ3v) is 6.38. The lowest BCUT2D eigenvalue weighted by atomic mass is 9.86. The van der Waals surface area contributed by atoms with E-state index in [-0.39, 0.29) is 11.1 Å². The Labute approximate surface area is 195 Å². The van der Waals surface area contributed by atoms with Crippen LogP contribution in [0.5, 0.6) is 5.75 Å². The number of carbonyl (C=O) groups excluding carboxylic acids is 1. The first-order valence-corrected chi connectivity index (χ1v) is 10.7. The number of aromatic nitrogens is 1. The molecule has 1 aliphatic rings. The van der Waals surface area contributed by atoms with Crippen molar-refractivity contribution in [2.24, 2.45) is 0 Å². The molecule has 35 heavy (non-hydrogen) atoms. The van der Waals surface area contributed by atoms with E-state index in [2.05, 4.69) is 0 Å². The average molecular weight is 485 g/mol. The van der Waals surface area contributed by atoms with E-state index in [1.165, 1.54) is 0 Å². The zero-order valence-electron chi connectivity index (χ0n) is 18.3. The number of alkyl halides is 3. The number of hydrogen-bond acceptors (Lipinski definition) is 6. The Morgan fingerprint density at radius 3 is 2.69 bits per heavy atom. The van der Waals surface area contributed by atoms with Crippen molar-refractivity contribution in [3.05, 3.63) is 85.5 Å². The molecule has 0 saturated carbocycles. The number of para-hydroxylation sites is 1. The molecule has 5 rings (SSSR count). The number of benzene rings is 2. The number of hydrogen-bond donors (Lipinski definition) is 1. The number of aryl methyl sites for hydroxylation is 2. The Bertz CT molecular complexity index is 1630. The zero-order valence-corrected chi connectivity index (χ0v) is 18.3. The molecule has 1 aliphatic heterocycles. The highest BCUT2D eigenvalue weighted by molar-refractivity contribution is 5.88. The van der Waals surface area contributed by atoms with Crippen molar-refractivity contribution in [2.45, 2.75) is 31.5 Å². The van der Waals surface area contributed by atoms with Crippen LogP contribution in [0.2, 0.25) is 0 Å². The summed E-state index contributed by atoms with van der Waals surface area (Å²) in [6, 6.07) is 9.39. The van der Waals surface area contributed by atoms with Crippen molar-refractivity contribution in [1.29, 1.82) is 0 Å². The number of carbonyl (C=O) groups is 1.